The first-order chi connectivity index (χ1) is 35.0. The Hall–Kier alpha value is -2.32. The number of nitrogens with zero attached hydrogens (tertiary/aromatic N) is 1. The minimum atomic E-state index is -4.60. The van der Waals surface area contributed by atoms with Crippen LogP contribution in [0, 0.1) is 0 Å². The highest BCUT2D eigenvalue weighted by Gasteiger charge is 2.23. The van der Waals surface area contributed by atoms with E-state index in [1.54, 1.807) is 6.08 Å². The van der Waals surface area contributed by atoms with Crippen LogP contribution in [0.4, 0.5) is 0 Å². The number of phosphoric acid groups is 1. The van der Waals surface area contributed by atoms with Crippen LogP contribution in [-0.2, 0) is 18.4 Å². The quantitative estimate of drug-likeness (QED) is 0.0272. The standard InChI is InChI=1S/C63H115N2O6P/c1-6-8-10-12-14-16-18-19-20-21-22-23-24-25-26-27-28-29-30-31-32-33-34-35-36-37-38-39-40-41-42-43-44-45-47-49-51-53-55-57-63(67)64-61(60-71-72(68,69)70-59-58-65(3,4)5)62(66)56-54-52-50-48-46-17-15-13-11-9-7-2/h8,10,14,16,19-20,22-23,25-26,46,48,54,56,61-62,66H,6-7,9,11-13,15,17-18,21,24,27-45,47,49-53,55,57-60H2,1-5H3,(H-,64,67,68,69)/b10-8-,16-14-,20-19-,23-22-,26-25-,48-46+,56-54+. The lowest BCUT2D eigenvalue weighted by Gasteiger charge is -2.29. The summed E-state index contributed by atoms with van der Waals surface area (Å²) in [5, 5.41) is 13.8. The normalized spacial score (nSPS) is 14.5. The second-order valence-corrected chi connectivity index (χ2v) is 22.7. The minimum absolute atomic E-state index is 0.00731. The number of amides is 1. The molecular weight excluding hydrogens is 912 g/mol. The third-order valence-electron chi connectivity index (χ3n) is 13.1. The van der Waals surface area contributed by atoms with Gasteiger partial charge in [0, 0.05) is 6.42 Å². The van der Waals surface area contributed by atoms with Crippen molar-refractivity contribution in [2.45, 2.75) is 270 Å². The van der Waals surface area contributed by atoms with E-state index in [0.29, 0.717) is 17.4 Å². The number of carbonyl (C=O) groups is 1. The van der Waals surface area contributed by atoms with Crippen LogP contribution in [0.2, 0.25) is 0 Å². The predicted octanol–water partition coefficient (Wildman–Crippen LogP) is 17.8. The molecule has 0 saturated carbocycles. The zero-order chi connectivity index (χ0) is 52.7. The fraction of sp³-hybridized carbons (Fsp3) is 0.762. The van der Waals surface area contributed by atoms with E-state index in [-0.39, 0.29) is 12.5 Å². The molecule has 9 heteroatoms. The van der Waals surface area contributed by atoms with Gasteiger partial charge in [-0.05, 0) is 77.0 Å². The molecule has 0 aromatic heterocycles. The SMILES string of the molecule is CC/C=C\C/C=C\C/C=C\C/C=C\C/C=C\CCCCCCCCCCCCCCCCCCCCCCCCCC(=O)NC(COP(=O)([O-])OCC[N+](C)(C)C)C(O)/C=C/CC/C=C/CCCCCCC. The maximum atomic E-state index is 12.9. The van der Waals surface area contributed by atoms with Crippen LogP contribution < -0.4 is 10.2 Å². The van der Waals surface area contributed by atoms with Gasteiger partial charge in [0.05, 0.1) is 39.9 Å². The molecular formula is C63H115N2O6P. The van der Waals surface area contributed by atoms with E-state index < -0.39 is 26.6 Å². The summed E-state index contributed by atoms with van der Waals surface area (Å²) in [4.78, 5) is 25.4. The molecule has 0 aromatic rings. The van der Waals surface area contributed by atoms with Gasteiger partial charge in [0.2, 0.25) is 5.91 Å². The molecule has 0 saturated heterocycles. The molecule has 418 valence electrons. The third-order valence-corrected chi connectivity index (χ3v) is 14.1. The van der Waals surface area contributed by atoms with E-state index in [9.17, 15) is 19.4 Å². The van der Waals surface area contributed by atoms with Crippen molar-refractivity contribution in [3.8, 4) is 0 Å². The Labute approximate surface area is 446 Å². The summed E-state index contributed by atoms with van der Waals surface area (Å²) in [6.07, 6.45) is 75.6. The van der Waals surface area contributed by atoms with Crippen LogP contribution in [0.25, 0.3) is 0 Å². The summed E-state index contributed by atoms with van der Waals surface area (Å²) in [6.45, 7) is 4.49. The average molecular weight is 1030 g/mol. The highest BCUT2D eigenvalue weighted by Crippen LogP contribution is 2.38. The molecule has 0 radical (unpaired) electrons. The number of aliphatic hydroxyl groups excluding tert-OH is 1. The van der Waals surface area contributed by atoms with Crippen LogP contribution >= 0.6 is 7.82 Å². The number of unbranched alkanes of at least 4 members (excludes halogenated alkanes) is 29. The van der Waals surface area contributed by atoms with Crippen molar-refractivity contribution in [2.75, 3.05) is 40.9 Å². The smallest absolute Gasteiger partial charge is 0.268 e. The summed E-state index contributed by atoms with van der Waals surface area (Å²) < 4.78 is 23.2. The summed E-state index contributed by atoms with van der Waals surface area (Å²) in [6, 6.07) is -0.903. The molecule has 0 aliphatic rings. The number of nitrogens with one attached hydrogen (secondary N) is 1. The van der Waals surface area contributed by atoms with Crippen molar-refractivity contribution in [3.63, 3.8) is 0 Å². The average Bonchev–Trinajstić information content (AvgIpc) is 3.34. The van der Waals surface area contributed by atoms with Crippen molar-refractivity contribution in [2.24, 2.45) is 0 Å². The number of likely N-dealkylation sites (N-methyl/N-ethyl adjacent to an activating group) is 1. The summed E-state index contributed by atoms with van der Waals surface area (Å²) >= 11 is 0. The third kappa shape index (κ3) is 55.4. The predicted molar refractivity (Wildman–Crippen MR) is 311 cm³/mol. The molecule has 1 amide bonds. The molecule has 0 aliphatic carbocycles. The molecule has 0 rings (SSSR count). The van der Waals surface area contributed by atoms with E-state index in [4.69, 9.17) is 9.05 Å². The fourth-order valence-corrected chi connectivity index (χ4v) is 9.16. The highest BCUT2D eigenvalue weighted by molar-refractivity contribution is 7.45. The van der Waals surface area contributed by atoms with E-state index >= 15 is 0 Å². The molecule has 0 aliphatic heterocycles. The Morgan fingerprint density at radius 1 is 0.500 bits per heavy atom. The van der Waals surface area contributed by atoms with Crippen LogP contribution in [0.15, 0.2) is 85.1 Å². The van der Waals surface area contributed by atoms with Gasteiger partial charge in [-0.15, -0.1) is 0 Å². The lowest BCUT2D eigenvalue weighted by atomic mass is 10.0. The van der Waals surface area contributed by atoms with Crippen molar-refractivity contribution >= 4 is 13.7 Å². The van der Waals surface area contributed by atoms with Crippen LogP contribution in [0.3, 0.4) is 0 Å². The largest absolute Gasteiger partial charge is 0.756 e. The Morgan fingerprint density at radius 2 is 0.861 bits per heavy atom. The van der Waals surface area contributed by atoms with Gasteiger partial charge in [0.1, 0.15) is 13.2 Å². The van der Waals surface area contributed by atoms with Gasteiger partial charge in [0.25, 0.3) is 7.82 Å². The van der Waals surface area contributed by atoms with E-state index in [1.807, 2.05) is 27.2 Å². The molecule has 3 atom stereocenters. The fourth-order valence-electron chi connectivity index (χ4n) is 8.43. The first-order valence-electron chi connectivity index (χ1n) is 29.9. The first kappa shape index (κ1) is 69.7. The van der Waals surface area contributed by atoms with Crippen LogP contribution in [0.5, 0.6) is 0 Å². The lowest BCUT2D eigenvalue weighted by Crippen LogP contribution is -2.45. The Balaban J connectivity index is 3.89. The van der Waals surface area contributed by atoms with Gasteiger partial charge < -0.3 is 28.8 Å². The number of hydrogen-bond acceptors (Lipinski definition) is 6. The maximum absolute atomic E-state index is 12.9. The number of allylic oxidation sites excluding steroid dienone is 13. The van der Waals surface area contributed by atoms with Gasteiger partial charge in [-0.1, -0.05) is 259 Å². The van der Waals surface area contributed by atoms with Gasteiger partial charge in [-0.3, -0.25) is 9.36 Å². The van der Waals surface area contributed by atoms with Gasteiger partial charge in [-0.2, -0.15) is 0 Å². The molecule has 8 nitrogen and oxygen atoms in total. The van der Waals surface area contributed by atoms with Crippen LogP contribution in [-0.4, -0.2) is 68.5 Å². The number of aliphatic hydroxyl groups is 1. The highest BCUT2D eigenvalue weighted by atomic mass is 31.2. The number of quaternary nitrogens is 1. The molecule has 0 fully saturated rings. The number of carbonyl (C=O) groups excluding carboxylic acids is 1. The molecule has 0 heterocycles. The molecule has 0 bridgehead atoms. The first-order valence-corrected chi connectivity index (χ1v) is 31.4. The van der Waals surface area contributed by atoms with E-state index in [0.717, 1.165) is 70.6 Å². The second-order valence-electron chi connectivity index (χ2n) is 21.3. The molecule has 2 N–H and O–H groups in total. The lowest BCUT2D eigenvalue weighted by molar-refractivity contribution is -0.870. The van der Waals surface area contributed by atoms with E-state index in [2.05, 4.69) is 92.1 Å². The number of hydrogen-bond donors (Lipinski definition) is 2. The molecule has 0 spiro atoms. The van der Waals surface area contributed by atoms with E-state index in [1.165, 1.54) is 167 Å². The van der Waals surface area contributed by atoms with Crippen molar-refractivity contribution < 1.29 is 32.9 Å². The molecule has 72 heavy (non-hydrogen) atoms. The molecule has 3 unspecified atom stereocenters. The van der Waals surface area contributed by atoms with Crippen molar-refractivity contribution in [1.82, 2.24) is 5.32 Å². The second kappa shape index (κ2) is 53.5. The zero-order valence-corrected chi connectivity index (χ0v) is 48.5. The topological polar surface area (TPSA) is 108 Å². The number of phosphoric ester groups is 1. The minimum Gasteiger partial charge on any atom is -0.756 e. The summed E-state index contributed by atoms with van der Waals surface area (Å²) in [5.74, 6) is -0.207. The Kier molecular flexibility index (Phi) is 51.8. The Morgan fingerprint density at radius 3 is 1.29 bits per heavy atom. The Bertz CT molecular complexity index is 1450. The van der Waals surface area contributed by atoms with Crippen molar-refractivity contribution in [3.05, 3.63) is 85.1 Å². The number of rotatable bonds is 54. The van der Waals surface area contributed by atoms with Crippen LogP contribution in [0.1, 0.15) is 258 Å². The zero-order valence-electron chi connectivity index (χ0n) is 47.6. The van der Waals surface area contributed by atoms with Gasteiger partial charge >= 0.3 is 0 Å². The summed E-state index contributed by atoms with van der Waals surface area (Å²) in [7, 11) is 1.24. The van der Waals surface area contributed by atoms with Gasteiger partial charge in [0.15, 0.2) is 0 Å². The van der Waals surface area contributed by atoms with Gasteiger partial charge in [-0.25, -0.2) is 0 Å². The molecule has 0 aromatic carbocycles. The summed E-state index contributed by atoms with van der Waals surface area (Å²) in [5.41, 5.74) is 0. The van der Waals surface area contributed by atoms with Crippen molar-refractivity contribution in [1.29, 1.82) is 0 Å². The maximum Gasteiger partial charge on any atom is 0.268 e. The monoisotopic (exact) mass is 1030 g/mol.